The zero-order valence-electron chi connectivity index (χ0n) is 17.2. The van der Waals surface area contributed by atoms with Crippen molar-refractivity contribution in [2.24, 2.45) is 0 Å². The monoisotopic (exact) mass is 435 g/mol. The van der Waals surface area contributed by atoms with E-state index in [0.29, 0.717) is 35.3 Å². The molecule has 162 valence electrons. The number of carbonyl (C=O) groups excluding carboxylic acids is 2. The number of carbonyl (C=O) groups is 2. The van der Waals surface area contributed by atoms with E-state index < -0.39 is 23.1 Å². The fraction of sp³-hybridized carbons (Fsp3) is 0.261. The molecule has 7 nitrogen and oxygen atoms in total. The number of nitrogen functional groups attached to an aromatic ring is 1. The highest BCUT2D eigenvalue weighted by Crippen LogP contribution is 2.47. The molecule has 1 fully saturated rings. The van der Waals surface area contributed by atoms with Crippen molar-refractivity contribution in [2.75, 3.05) is 18.8 Å². The Hall–Kier alpha value is -3.93. The van der Waals surface area contributed by atoms with Crippen LogP contribution in [0.4, 0.5) is 14.6 Å². The maximum absolute atomic E-state index is 14.0. The molecule has 3 N–H and O–H groups in total. The number of nitrogens with one attached hydrogen (secondary N) is 1. The number of H-pyrrole nitrogens is 1. The first kappa shape index (κ1) is 20.0. The molecule has 2 amide bonds. The molecule has 0 radical (unpaired) electrons. The summed E-state index contributed by atoms with van der Waals surface area (Å²) in [6.07, 6.45) is 0.363. The lowest BCUT2D eigenvalue weighted by atomic mass is 9.87. The summed E-state index contributed by atoms with van der Waals surface area (Å²) in [5, 5.41) is 0. The summed E-state index contributed by atoms with van der Waals surface area (Å²) in [4.78, 5) is 37.1. The van der Waals surface area contributed by atoms with Crippen molar-refractivity contribution in [3.63, 3.8) is 0 Å². The van der Waals surface area contributed by atoms with Crippen molar-refractivity contribution in [3.8, 4) is 11.8 Å². The number of nitrogens with zero attached hydrogens (tertiary/aromatic N) is 3. The molecule has 2 aromatic heterocycles. The van der Waals surface area contributed by atoms with E-state index in [1.165, 1.54) is 29.2 Å². The number of hydrogen-bond acceptors (Lipinski definition) is 4. The molecule has 2 aliphatic rings. The van der Waals surface area contributed by atoms with Crippen molar-refractivity contribution in [3.05, 3.63) is 58.8 Å². The fourth-order valence-corrected chi connectivity index (χ4v) is 4.68. The Morgan fingerprint density at radius 2 is 2.06 bits per heavy atom. The van der Waals surface area contributed by atoms with E-state index in [9.17, 15) is 18.4 Å². The Bertz CT molecular complexity index is 1320. The van der Waals surface area contributed by atoms with Gasteiger partial charge in [0.15, 0.2) is 17.2 Å². The second-order valence-corrected chi connectivity index (χ2v) is 7.93. The molecule has 1 spiro atoms. The number of nitrogens with two attached hydrogens (primary N) is 1. The van der Waals surface area contributed by atoms with Crippen LogP contribution < -0.4 is 5.73 Å². The minimum atomic E-state index is -1.25. The highest BCUT2D eigenvalue weighted by molar-refractivity contribution is 6.07. The molecular formula is C23H19F2N5O2. The van der Waals surface area contributed by atoms with Gasteiger partial charge in [-0.25, -0.2) is 13.8 Å². The molecule has 0 bridgehead atoms. The lowest BCUT2D eigenvalue weighted by Gasteiger charge is -2.34. The van der Waals surface area contributed by atoms with Gasteiger partial charge in [-0.1, -0.05) is 12.0 Å². The van der Waals surface area contributed by atoms with E-state index in [0.717, 1.165) is 0 Å². The Kier molecular flexibility index (Phi) is 4.41. The van der Waals surface area contributed by atoms with Crippen LogP contribution in [-0.2, 0) is 16.9 Å². The van der Waals surface area contributed by atoms with Gasteiger partial charge in [-0.05, 0) is 25.1 Å². The van der Waals surface area contributed by atoms with Crippen LogP contribution in [0, 0.1) is 23.5 Å². The zero-order chi connectivity index (χ0) is 22.6. The Labute approximate surface area is 182 Å². The zero-order valence-corrected chi connectivity index (χ0v) is 17.2. The van der Waals surface area contributed by atoms with Crippen LogP contribution in [0.25, 0.3) is 11.0 Å². The van der Waals surface area contributed by atoms with Gasteiger partial charge in [0.1, 0.15) is 5.82 Å². The summed E-state index contributed by atoms with van der Waals surface area (Å²) in [5.41, 5.74) is 6.40. The summed E-state index contributed by atoms with van der Waals surface area (Å²) >= 11 is 0. The van der Waals surface area contributed by atoms with E-state index in [1.807, 2.05) is 0 Å². The molecule has 9 heteroatoms. The molecule has 0 saturated carbocycles. The summed E-state index contributed by atoms with van der Waals surface area (Å²) in [6, 6.07) is 6.84. The lowest BCUT2D eigenvalue weighted by Crippen LogP contribution is -2.49. The van der Waals surface area contributed by atoms with Gasteiger partial charge in [-0.3, -0.25) is 9.59 Å². The van der Waals surface area contributed by atoms with Crippen LogP contribution in [0.2, 0.25) is 0 Å². The minimum absolute atomic E-state index is 0.0338. The molecule has 2 aliphatic heterocycles. The van der Waals surface area contributed by atoms with E-state index >= 15 is 0 Å². The summed E-state index contributed by atoms with van der Waals surface area (Å²) in [5.74, 6) is 3.57. The second kappa shape index (κ2) is 7.05. The van der Waals surface area contributed by atoms with Gasteiger partial charge in [0, 0.05) is 35.9 Å². The van der Waals surface area contributed by atoms with E-state index in [4.69, 9.17) is 5.73 Å². The molecule has 1 aromatic carbocycles. The predicted molar refractivity (Wildman–Crippen MR) is 113 cm³/mol. The number of halogens is 2. The highest BCUT2D eigenvalue weighted by Gasteiger charge is 2.59. The topological polar surface area (TPSA) is 95.3 Å². The maximum Gasteiger partial charge on any atom is 0.255 e. The molecular weight excluding hydrogens is 416 g/mol. The number of aromatic amines is 1. The van der Waals surface area contributed by atoms with Crippen LogP contribution in [0.5, 0.6) is 0 Å². The fourth-order valence-electron chi connectivity index (χ4n) is 4.68. The van der Waals surface area contributed by atoms with Gasteiger partial charge in [-0.15, -0.1) is 5.92 Å². The number of benzene rings is 1. The average Bonchev–Trinajstić information content (AvgIpc) is 3.37. The SMILES string of the molecule is CC#CCN1CCC2(C1=O)c1ccc(F)cc1C(=O)N2Cc1cc2nc(N)c(F)cc2[nH]1. The van der Waals surface area contributed by atoms with E-state index in [1.54, 1.807) is 17.9 Å². The molecule has 3 aromatic rings. The standard InChI is InChI=1S/C23H19F2N5O2/c1-2-3-7-29-8-6-23(22(29)32)16-5-4-13(24)9-15(16)21(31)30(23)12-14-10-18-19(27-14)11-17(25)20(26)28-18/h4-5,9-11,27H,6-8,12H2,1H3,(H2,26,28). The number of anilines is 1. The normalized spacial score (nSPS) is 19.7. The van der Waals surface area contributed by atoms with Gasteiger partial charge < -0.3 is 20.5 Å². The third-order valence-electron chi connectivity index (χ3n) is 6.16. The van der Waals surface area contributed by atoms with Gasteiger partial charge in [0.05, 0.1) is 24.1 Å². The molecule has 1 saturated heterocycles. The quantitative estimate of drug-likeness (QED) is 0.618. The second-order valence-electron chi connectivity index (χ2n) is 7.93. The highest BCUT2D eigenvalue weighted by atomic mass is 19.1. The van der Waals surface area contributed by atoms with Crippen LogP contribution in [-0.4, -0.2) is 44.7 Å². The first-order valence-electron chi connectivity index (χ1n) is 10.1. The number of pyridine rings is 1. The molecule has 32 heavy (non-hydrogen) atoms. The molecule has 4 heterocycles. The van der Waals surface area contributed by atoms with E-state index in [2.05, 4.69) is 21.8 Å². The van der Waals surface area contributed by atoms with Crippen molar-refractivity contribution >= 4 is 28.7 Å². The largest absolute Gasteiger partial charge is 0.381 e. The van der Waals surface area contributed by atoms with Crippen molar-refractivity contribution in [2.45, 2.75) is 25.4 Å². The minimum Gasteiger partial charge on any atom is -0.381 e. The number of aromatic nitrogens is 2. The van der Waals surface area contributed by atoms with Crippen LogP contribution >= 0.6 is 0 Å². The molecule has 0 aliphatic carbocycles. The Balaban J connectivity index is 1.59. The van der Waals surface area contributed by atoms with Gasteiger partial charge in [-0.2, -0.15) is 0 Å². The number of likely N-dealkylation sites (tertiary alicyclic amines) is 1. The number of rotatable bonds is 3. The molecule has 1 atom stereocenters. The summed E-state index contributed by atoms with van der Waals surface area (Å²) < 4.78 is 27.8. The summed E-state index contributed by atoms with van der Waals surface area (Å²) in [7, 11) is 0. The maximum atomic E-state index is 14.0. The number of fused-ring (bicyclic) bond motifs is 3. The van der Waals surface area contributed by atoms with Gasteiger partial charge in [0.2, 0.25) is 0 Å². The Morgan fingerprint density at radius 1 is 1.25 bits per heavy atom. The van der Waals surface area contributed by atoms with Crippen molar-refractivity contribution in [1.29, 1.82) is 0 Å². The Morgan fingerprint density at radius 3 is 2.84 bits per heavy atom. The first-order chi connectivity index (χ1) is 15.3. The van der Waals surface area contributed by atoms with Crippen LogP contribution in [0.1, 0.15) is 35.0 Å². The third kappa shape index (κ3) is 2.76. The van der Waals surface area contributed by atoms with E-state index in [-0.39, 0.29) is 30.4 Å². The third-order valence-corrected chi connectivity index (χ3v) is 6.16. The molecule has 5 rings (SSSR count). The van der Waals surface area contributed by atoms with Crippen molar-refractivity contribution < 1.29 is 18.4 Å². The van der Waals surface area contributed by atoms with Crippen LogP contribution in [0.15, 0.2) is 30.3 Å². The predicted octanol–water partition coefficient (Wildman–Crippen LogP) is 2.53. The number of amides is 2. The average molecular weight is 435 g/mol. The van der Waals surface area contributed by atoms with Crippen molar-refractivity contribution in [1.82, 2.24) is 19.8 Å². The summed E-state index contributed by atoms with van der Waals surface area (Å²) in [6.45, 7) is 2.40. The smallest absolute Gasteiger partial charge is 0.255 e. The molecule has 1 unspecified atom stereocenters. The first-order valence-corrected chi connectivity index (χ1v) is 10.1. The van der Waals surface area contributed by atoms with Crippen LogP contribution in [0.3, 0.4) is 0 Å². The van der Waals surface area contributed by atoms with Gasteiger partial charge in [0.25, 0.3) is 11.8 Å². The number of hydrogen-bond donors (Lipinski definition) is 2. The lowest BCUT2D eigenvalue weighted by molar-refractivity contribution is -0.136. The van der Waals surface area contributed by atoms with Gasteiger partial charge >= 0.3 is 0 Å².